The van der Waals surface area contributed by atoms with Crippen molar-refractivity contribution in [2.75, 3.05) is 17.2 Å². The van der Waals surface area contributed by atoms with Crippen LogP contribution in [0.5, 0.6) is 0 Å². The van der Waals surface area contributed by atoms with Crippen LogP contribution in [0.15, 0.2) is 24.3 Å². The molecule has 0 heterocycles. The Morgan fingerprint density at radius 3 is 2.28 bits per heavy atom. The van der Waals surface area contributed by atoms with Gasteiger partial charge in [-0.2, -0.15) is 0 Å². The number of carbonyl (C=O) groups is 2. The van der Waals surface area contributed by atoms with E-state index >= 15 is 0 Å². The lowest BCUT2D eigenvalue weighted by Gasteiger charge is -2.28. The van der Waals surface area contributed by atoms with E-state index in [4.69, 9.17) is 4.74 Å². The van der Waals surface area contributed by atoms with E-state index in [1.54, 1.807) is 24.3 Å². The van der Waals surface area contributed by atoms with E-state index in [0.717, 1.165) is 19.3 Å². The molecule has 2 fully saturated rings. The second kappa shape index (κ2) is 8.34. The van der Waals surface area contributed by atoms with E-state index in [1.807, 2.05) is 0 Å². The smallest absolute Gasteiger partial charge is 0.319 e. The molecule has 25 heavy (non-hydrogen) atoms. The van der Waals surface area contributed by atoms with Crippen molar-refractivity contribution >= 4 is 23.3 Å². The van der Waals surface area contributed by atoms with Crippen LogP contribution in [0.1, 0.15) is 45.4 Å². The number of benzene rings is 1. The van der Waals surface area contributed by atoms with Gasteiger partial charge >= 0.3 is 6.03 Å². The van der Waals surface area contributed by atoms with Crippen molar-refractivity contribution in [1.29, 1.82) is 0 Å². The number of urea groups is 1. The van der Waals surface area contributed by atoms with Gasteiger partial charge in [-0.3, -0.25) is 4.79 Å². The van der Waals surface area contributed by atoms with Gasteiger partial charge in [0.2, 0.25) is 5.91 Å². The lowest BCUT2D eigenvalue weighted by Crippen LogP contribution is -2.30. The van der Waals surface area contributed by atoms with Crippen molar-refractivity contribution in [1.82, 2.24) is 5.32 Å². The summed E-state index contributed by atoms with van der Waals surface area (Å²) in [6, 6.07) is 7.22. The van der Waals surface area contributed by atoms with E-state index in [9.17, 15) is 9.59 Å². The summed E-state index contributed by atoms with van der Waals surface area (Å²) in [5, 5.41) is 8.47. The third-order valence-corrected chi connectivity index (χ3v) is 4.80. The van der Waals surface area contributed by atoms with Crippen LogP contribution in [0.2, 0.25) is 0 Å². The van der Waals surface area contributed by atoms with E-state index in [1.165, 1.54) is 19.3 Å². The minimum absolute atomic E-state index is 0.0821. The summed E-state index contributed by atoms with van der Waals surface area (Å²) in [6.07, 6.45) is 6.95. The highest BCUT2D eigenvalue weighted by atomic mass is 16.5. The van der Waals surface area contributed by atoms with Crippen molar-refractivity contribution in [3.8, 4) is 0 Å². The Morgan fingerprint density at radius 2 is 1.64 bits per heavy atom. The van der Waals surface area contributed by atoms with Crippen molar-refractivity contribution in [2.45, 2.75) is 57.6 Å². The maximum absolute atomic E-state index is 12.0. The van der Waals surface area contributed by atoms with E-state index in [2.05, 4.69) is 22.9 Å². The third-order valence-electron chi connectivity index (χ3n) is 4.80. The fourth-order valence-electron chi connectivity index (χ4n) is 3.13. The topological polar surface area (TPSA) is 79.5 Å². The molecule has 0 radical (unpaired) electrons. The summed E-state index contributed by atoms with van der Waals surface area (Å²) < 4.78 is 5.77. The van der Waals surface area contributed by atoms with E-state index in [0.29, 0.717) is 23.3 Å². The lowest BCUT2D eigenvalue weighted by molar-refractivity contribution is -0.124. The van der Waals surface area contributed by atoms with Gasteiger partial charge in [0.15, 0.2) is 0 Å². The highest BCUT2D eigenvalue weighted by Crippen LogP contribution is 2.26. The zero-order chi connectivity index (χ0) is 17.6. The second-order valence-electron chi connectivity index (χ2n) is 7.11. The Kier molecular flexibility index (Phi) is 5.91. The molecule has 3 rings (SSSR count). The molecule has 6 nitrogen and oxygen atoms in total. The molecule has 0 aliphatic heterocycles. The molecule has 0 spiro atoms. The number of amides is 3. The minimum Gasteiger partial charge on any atom is -0.368 e. The molecule has 1 aromatic carbocycles. The molecule has 0 unspecified atom stereocenters. The van der Waals surface area contributed by atoms with Crippen LogP contribution < -0.4 is 16.0 Å². The minimum atomic E-state index is -0.186. The normalized spacial score (nSPS) is 22.9. The molecule has 2 saturated carbocycles. The lowest BCUT2D eigenvalue weighted by atomic mass is 9.88. The fourth-order valence-corrected chi connectivity index (χ4v) is 3.13. The van der Waals surface area contributed by atoms with Crippen LogP contribution in [-0.2, 0) is 9.53 Å². The number of hydrogen-bond donors (Lipinski definition) is 3. The summed E-state index contributed by atoms with van der Waals surface area (Å²) in [4.78, 5) is 23.7. The van der Waals surface area contributed by atoms with Crippen molar-refractivity contribution < 1.29 is 14.3 Å². The van der Waals surface area contributed by atoms with Crippen LogP contribution in [0.4, 0.5) is 16.2 Å². The number of carbonyl (C=O) groups excluding carboxylic acids is 2. The van der Waals surface area contributed by atoms with Crippen LogP contribution in [0.3, 0.4) is 0 Å². The summed E-state index contributed by atoms with van der Waals surface area (Å²) in [5.74, 6) is 0.374. The molecule has 3 N–H and O–H groups in total. The quantitative estimate of drug-likeness (QED) is 0.738. The highest BCUT2D eigenvalue weighted by Gasteiger charge is 2.23. The first kappa shape index (κ1) is 17.7. The summed E-state index contributed by atoms with van der Waals surface area (Å²) >= 11 is 0. The monoisotopic (exact) mass is 345 g/mol. The molecule has 136 valence electrons. The number of hydrogen-bond acceptors (Lipinski definition) is 3. The maximum Gasteiger partial charge on any atom is 0.319 e. The van der Waals surface area contributed by atoms with Gasteiger partial charge in [0, 0.05) is 17.4 Å². The Hall–Kier alpha value is -2.08. The summed E-state index contributed by atoms with van der Waals surface area (Å²) in [5.41, 5.74) is 1.39. The third kappa shape index (κ3) is 5.74. The van der Waals surface area contributed by atoms with Crippen LogP contribution in [0, 0.1) is 5.92 Å². The summed E-state index contributed by atoms with van der Waals surface area (Å²) in [6.45, 7) is 2.27. The first-order valence-corrected chi connectivity index (χ1v) is 9.19. The summed E-state index contributed by atoms with van der Waals surface area (Å²) in [7, 11) is 0. The van der Waals surface area contributed by atoms with Gasteiger partial charge in [-0.25, -0.2) is 4.79 Å². The van der Waals surface area contributed by atoms with Crippen LogP contribution in [-0.4, -0.2) is 30.7 Å². The van der Waals surface area contributed by atoms with Crippen molar-refractivity contribution in [2.24, 2.45) is 5.92 Å². The van der Waals surface area contributed by atoms with Gasteiger partial charge in [-0.1, -0.05) is 19.8 Å². The number of nitrogens with one attached hydrogen (secondary N) is 3. The molecular weight excluding hydrogens is 318 g/mol. The average Bonchev–Trinajstić information content (AvgIpc) is 3.40. The predicted octanol–water partition coefficient (Wildman–Crippen LogP) is 3.50. The van der Waals surface area contributed by atoms with Gasteiger partial charge < -0.3 is 20.7 Å². The zero-order valence-corrected chi connectivity index (χ0v) is 14.7. The average molecular weight is 345 g/mol. The van der Waals surface area contributed by atoms with E-state index in [-0.39, 0.29) is 24.6 Å². The maximum atomic E-state index is 12.0. The molecule has 0 bridgehead atoms. The standard InChI is InChI=1S/C19H27N3O3/c1-13-4-2-3-5-17(13)25-12-18(23)20-14-6-8-15(9-7-14)21-19(24)22-16-10-11-16/h6-9,13,16-17H,2-5,10-12H2,1H3,(H,20,23)(H2,21,22,24)/t13-,17-/m1/s1. The van der Waals surface area contributed by atoms with Gasteiger partial charge in [0.05, 0.1) is 6.10 Å². The Labute approximate surface area is 148 Å². The molecule has 2 aliphatic rings. The zero-order valence-electron chi connectivity index (χ0n) is 14.7. The van der Waals surface area contributed by atoms with E-state index < -0.39 is 0 Å². The number of ether oxygens (including phenoxy) is 1. The Bertz CT molecular complexity index is 598. The largest absolute Gasteiger partial charge is 0.368 e. The molecule has 3 amide bonds. The van der Waals surface area contributed by atoms with Crippen LogP contribution in [0.25, 0.3) is 0 Å². The molecule has 6 heteroatoms. The SMILES string of the molecule is C[C@@H]1CCCC[C@H]1OCC(=O)Nc1ccc(NC(=O)NC2CC2)cc1. The Morgan fingerprint density at radius 1 is 1.00 bits per heavy atom. The molecule has 0 aromatic heterocycles. The van der Waals surface area contributed by atoms with Gasteiger partial charge in [-0.15, -0.1) is 0 Å². The molecule has 0 saturated heterocycles. The fraction of sp³-hybridized carbons (Fsp3) is 0.579. The van der Waals surface area contributed by atoms with Crippen molar-refractivity contribution in [3.63, 3.8) is 0 Å². The van der Waals surface area contributed by atoms with Gasteiger partial charge in [0.25, 0.3) is 0 Å². The van der Waals surface area contributed by atoms with Crippen LogP contribution >= 0.6 is 0 Å². The van der Waals surface area contributed by atoms with Gasteiger partial charge in [-0.05, 0) is 55.9 Å². The first-order valence-electron chi connectivity index (χ1n) is 9.19. The second-order valence-corrected chi connectivity index (χ2v) is 7.11. The number of rotatable bonds is 6. The predicted molar refractivity (Wildman–Crippen MR) is 97.6 cm³/mol. The highest BCUT2D eigenvalue weighted by molar-refractivity contribution is 5.93. The molecular formula is C19H27N3O3. The Balaban J connectivity index is 1.40. The van der Waals surface area contributed by atoms with Gasteiger partial charge in [0.1, 0.15) is 6.61 Å². The molecule has 2 atom stereocenters. The molecule has 2 aliphatic carbocycles. The molecule has 1 aromatic rings. The van der Waals surface area contributed by atoms with Crippen molar-refractivity contribution in [3.05, 3.63) is 24.3 Å². The number of anilines is 2. The first-order chi connectivity index (χ1) is 12.1.